The Kier molecular flexibility index (Phi) is 4.44. The summed E-state index contributed by atoms with van der Waals surface area (Å²) in [5.74, 6) is -0.551. The second kappa shape index (κ2) is 5.74. The van der Waals surface area contributed by atoms with E-state index in [1.165, 1.54) is 0 Å². The number of esters is 1. The lowest BCUT2D eigenvalue weighted by molar-refractivity contribution is -0.142. The maximum absolute atomic E-state index is 11.8. The lowest BCUT2D eigenvalue weighted by Gasteiger charge is -2.45. The first-order valence-electron chi connectivity index (χ1n) is 6.47. The van der Waals surface area contributed by atoms with Gasteiger partial charge in [0.2, 0.25) is 10.0 Å². The zero-order valence-electron chi connectivity index (χ0n) is 10.9. The Morgan fingerprint density at radius 2 is 2.26 bits per heavy atom. The van der Waals surface area contributed by atoms with Gasteiger partial charge in [0.25, 0.3) is 0 Å². The molecular weight excluding hydrogens is 272 g/mol. The summed E-state index contributed by atoms with van der Waals surface area (Å²) in [6.07, 6.45) is 0.611. The van der Waals surface area contributed by atoms with E-state index >= 15 is 0 Å². The molecule has 1 aliphatic heterocycles. The molecule has 1 saturated heterocycles. The molecule has 0 aromatic carbocycles. The summed E-state index contributed by atoms with van der Waals surface area (Å²) >= 11 is 0. The fraction of sp³-hybridized carbons (Fsp3) is 0.909. The normalized spacial score (nSPS) is 33.6. The lowest BCUT2D eigenvalue weighted by Crippen LogP contribution is -2.69. The molecule has 7 nitrogen and oxygen atoms in total. The topological polar surface area (TPSA) is 108 Å². The van der Waals surface area contributed by atoms with Gasteiger partial charge in [-0.2, -0.15) is 0 Å². The summed E-state index contributed by atoms with van der Waals surface area (Å²) in [6, 6.07) is -0.579. The summed E-state index contributed by atoms with van der Waals surface area (Å²) in [5.41, 5.74) is 5.92. The number of hydrogen-bond acceptors (Lipinski definition) is 6. The van der Waals surface area contributed by atoms with Crippen LogP contribution in [0, 0.1) is 5.92 Å². The highest BCUT2D eigenvalue weighted by atomic mass is 32.2. The van der Waals surface area contributed by atoms with Gasteiger partial charge < -0.3 is 15.2 Å². The molecule has 4 atom stereocenters. The van der Waals surface area contributed by atoms with Crippen LogP contribution in [0.4, 0.5) is 0 Å². The molecule has 2 fully saturated rings. The molecule has 19 heavy (non-hydrogen) atoms. The largest absolute Gasteiger partial charge is 0.466 e. The van der Waals surface area contributed by atoms with Crippen LogP contribution in [0.5, 0.6) is 0 Å². The summed E-state index contributed by atoms with van der Waals surface area (Å²) in [7, 11) is -3.54. The maximum atomic E-state index is 11.8. The van der Waals surface area contributed by atoms with E-state index in [4.69, 9.17) is 15.2 Å². The average molecular weight is 292 g/mol. The van der Waals surface area contributed by atoms with Gasteiger partial charge in [-0.05, 0) is 13.3 Å². The molecular formula is C11H20N2O5S. The van der Waals surface area contributed by atoms with E-state index in [9.17, 15) is 13.2 Å². The van der Waals surface area contributed by atoms with Gasteiger partial charge in [-0.1, -0.05) is 0 Å². The highest BCUT2D eigenvalue weighted by Gasteiger charge is 2.53. The fourth-order valence-electron chi connectivity index (χ4n) is 2.61. The number of nitrogens with one attached hydrogen (secondary N) is 1. The van der Waals surface area contributed by atoms with Crippen LogP contribution in [0.1, 0.15) is 19.8 Å². The van der Waals surface area contributed by atoms with Crippen molar-refractivity contribution >= 4 is 16.0 Å². The Bertz CT molecular complexity index is 438. The minimum Gasteiger partial charge on any atom is -0.466 e. The van der Waals surface area contributed by atoms with Crippen LogP contribution in [0.25, 0.3) is 0 Å². The molecule has 4 unspecified atom stereocenters. The summed E-state index contributed by atoms with van der Waals surface area (Å²) in [5, 5.41) is 0. The second-order valence-electron chi connectivity index (χ2n) is 4.88. The lowest BCUT2D eigenvalue weighted by atomic mass is 9.73. The first kappa shape index (κ1) is 14.7. The smallest absolute Gasteiger partial charge is 0.306 e. The Hall–Kier alpha value is -0.700. The van der Waals surface area contributed by atoms with Gasteiger partial charge in [0, 0.05) is 18.6 Å². The van der Waals surface area contributed by atoms with Crippen LogP contribution >= 0.6 is 0 Å². The van der Waals surface area contributed by atoms with Crippen molar-refractivity contribution in [2.75, 3.05) is 19.0 Å². The molecule has 0 aromatic rings. The van der Waals surface area contributed by atoms with Crippen LogP contribution < -0.4 is 10.5 Å². The van der Waals surface area contributed by atoms with E-state index < -0.39 is 16.0 Å². The molecule has 1 heterocycles. The van der Waals surface area contributed by atoms with Crippen molar-refractivity contribution in [2.24, 2.45) is 11.7 Å². The van der Waals surface area contributed by atoms with Crippen molar-refractivity contribution in [1.82, 2.24) is 4.72 Å². The number of nitrogens with two attached hydrogens (primary N) is 1. The molecule has 0 spiro atoms. The van der Waals surface area contributed by atoms with Gasteiger partial charge in [-0.25, -0.2) is 13.1 Å². The van der Waals surface area contributed by atoms with Gasteiger partial charge in [-0.3, -0.25) is 4.79 Å². The minimum atomic E-state index is -3.54. The molecule has 2 rings (SSSR count). The van der Waals surface area contributed by atoms with Crippen molar-refractivity contribution in [1.29, 1.82) is 0 Å². The van der Waals surface area contributed by atoms with Crippen LogP contribution in [-0.4, -0.2) is 51.5 Å². The predicted octanol–water partition coefficient (Wildman–Crippen LogP) is -1.03. The van der Waals surface area contributed by atoms with E-state index in [0.717, 1.165) is 6.42 Å². The molecule has 1 aliphatic carbocycles. The van der Waals surface area contributed by atoms with Crippen molar-refractivity contribution < 1.29 is 22.7 Å². The van der Waals surface area contributed by atoms with Crippen molar-refractivity contribution in [3.63, 3.8) is 0 Å². The molecule has 0 radical (unpaired) electrons. The van der Waals surface area contributed by atoms with Gasteiger partial charge in [-0.15, -0.1) is 0 Å². The molecule has 0 aromatic heterocycles. The number of rotatable bonds is 6. The van der Waals surface area contributed by atoms with Crippen molar-refractivity contribution in [3.8, 4) is 0 Å². The van der Waals surface area contributed by atoms with Crippen LogP contribution in [0.2, 0.25) is 0 Å². The number of fused-ring (bicyclic) bond motifs is 1. The SMILES string of the molecule is CCOC(=O)CCS(=O)(=O)NC1C(N)C2CCOC21. The second-order valence-corrected chi connectivity index (χ2v) is 6.76. The van der Waals surface area contributed by atoms with E-state index in [2.05, 4.69) is 4.72 Å². The molecule has 3 N–H and O–H groups in total. The molecule has 8 heteroatoms. The Labute approximate surface area is 112 Å². The van der Waals surface area contributed by atoms with Gasteiger partial charge in [0.15, 0.2) is 0 Å². The zero-order valence-corrected chi connectivity index (χ0v) is 11.7. The van der Waals surface area contributed by atoms with Gasteiger partial charge >= 0.3 is 5.97 Å². The quantitative estimate of drug-likeness (QED) is 0.606. The van der Waals surface area contributed by atoms with Crippen molar-refractivity contribution in [3.05, 3.63) is 0 Å². The standard InChI is InChI=1S/C11H20N2O5S/c1-2-17-8(14)4-6-19(15,16)13-10-9(12)7-3-5-18-11(7)10/h7,9-11,13H,2-6,12H2,1H3. The fourth-order valence-corrected chi connectivity index (χ4v) is 3.87. The summed E-state index contributed by atoms with van der Waals surface area (Å²) < 4.78 is 36.4. The molecule has 0 bridgehead atoms. The Morgan fingerprint density at radius 1 is 1.53 bits per heavy atom. The van der Waals surface area contributed by atoms with E-state index in [1.807, 2.05) is 0 Å². The monoisotopic (exact) mass is 292 g/mol. The number of sulfonamides is 1. The highest BCUT2D eigenvalue weighted by molar-refractivity contribution is 7.89. The Balaban J connectivity index is 1.82. The zero-order chi connectivity index (χ0) is 14.0. The Morgan fingerprint density at radius 3 is 2.95 bits per heavy atom. The number of ether oxygens (including phenoxy) is 2. The third-order valence-electron chi connectivity index (χ3n) is 3.64. The van der Waals surface area contributed by atoms with E-state index in [-0.39, 0.29) is 42.9 Å². The number of hydrogen-bond donors (Lipinski definition) is 2. The van der Waals surface area contributed by atoms with E-state index in [1.54, 1.807) is 6.92 Å². The number of carbonyl (C=O) groups excluding carboxylic acids is 1. The first-order valence-corrected chi connectivity index (χ1v) is 8.12. The molecule has 1 saturated carbocycles. The third-order valence-corrected chi connectivity index (χ3v) is 5.02. The average Bonchev–Trinajstić information content (AvgIpc) is 2.79. The van der Waals surface area contributed by atoms with Gasteiger partial charge in [0.05, 0.1) is 30.9 Å². The summed E-state index contributed by atoms with van der Waals surface area (Å²) in [6.45, 7) is 2.55. The van der Waals surface area contributed by atoms with Crippen LogP contribution in [0.3, 0.4) is 0 Å². The third kappa shape index (κ3) is 3.25. The van der Waals surface area contributed by atoms with E-state index in [0.29, 0.717) is 6.61 Å². The molecule has 2 aliphatic rings. The summed E-state index contributed by atoms with van der Waals surface area (Å²) in [4.78, 5) is 11.1. The highest BCUT2D eigenvalue weighted by Crippen LogP contribution is 2.38. The first-order chi connectivity index (χ1) is 8.94. The van der Waals surface area contributed by atoms with Crippen molar-refractivity contribution in [2.45, 2.75) is 38.0 Å². The van der Waals surface area contributed by atoms with Crippen LogP contribution in [-0.2, 0) is 24.3 Å². The molecule has 0 amide bonds. The number of carbonyl (C=O) groups is 1. The van der Waals surface area contributed by atoms with Crippen LogP contribution in [0.15, 0.2) is 0 Å². The maximum Gasteiger partial charge on any atom is 0.306 e. The molecule has 110 valence electrons. The minimum absolute atomic E-state index is 0.118. The predicted molar refractivity (Wildman–Crippen MR) is 67.8 cm³/mol. The van der Waals surface area contributed by atoms with Gasteiger partial charge in [0.1, 0.15) is 0 Å².